The van der Waals surface area contributed by atoms with Gasteiger partial charge in [-0.3, -0.25) is 0 Å². The molecule has 1 aromatic heterocycles. The van der Waals surface area contributed by atoms with Crippen molar-refractivity contribution in [2.75, 3.05) is 11.8 Å². The van der Waals surface area contributed by atoms with E-state index in [1.165, 1.54) is 5.57 Å². The second-order valence-corrected chi connectivity index (χ2v) is 8.84. The van der Waals surface area contributed by atoms with Gasteiger partial charge in [-0.25, -0.2) is 9.99 Å². The van der Waals surface area contributed by atoms with Crippen molar-refractivity contribution in [1.29, 1.82) is 0 Å². The van der Waals surface area contributed by atoms with Gasteiger partial charge in [-0.05, 0) is 41.8 Å². The average molecular weight is 448 g/mol. The molecule has 154 valence electrons. The van der Waals surface area contributed by atoms with Gasteiger partial charge in [0.1, 0.15) is 0 Å². The van der Waals surface area contributed by atoms with Crippen molar-refractivity contribution in [3.05, 3.63) is 82.2 Å². The zero-order valence-corrected chi connectivity index (χ0v) is 18.1. The van der Waals surface area contributed by atoms with Crippen molar-refractivity contribution in [3.63, 3.8) is 0 Å². The highest BCUT2D eigenvalue weighted by Crippen LogP contribution is 2.43. The third kappa shape index (κ3) is 3.42. The molecule has 0 saturated heterocycles. The van der Waals surface area contributed by atoms with Crippen LogP contribution in [-0.4, -0.2) is 17.5 Å². The maximum Gasteiger partial charge on any atom is 0.231 e. The molecule has 1 unspecified atom stereocenters. The van der Waals surface area contributed by atoms with Gasteiger partial charge in [0.05, 0.1) is 17.4 Å². The fraction of sp³-hybridized carbons (Fsp3) is 0.167. The fourth-order valence-electron chi connectivity index (χ4n) is 4.05. The summed E-state index contributed by atoms with van der Waals surface area (Å²) >= 11 is 7.64. The van der Waals surface area contributed by atoms with Gasteiger partial charge in [0, 0.05) is 22.4 Å². The number of anilines is 1. The van der Waals surface area contributed by atoms with E-state index in [-0.39, 0.29) is 12.8 Å². The zero-order chi connectivity index (χ0) is 20.8. The van der Waals surface area contributed by atoms with Crippen molar-refractivity contribution < 1.29 is 9.47 Å². The van der Waals surface area contributed by atoms with E-state index in [9.17, 15) is 0 Å². The molecule has 0 spiro atoms. The molecule has 3 aromatic rings. The predicted molar refractivity (Wildman–Crippen MR) is 124 cm³/mol. The molecule has 1 aliphatic carbocycles. The maximum atomic E-state index is 6.04. The number of thiazole rings is 1. The lowest BCUT2D eigenvalue weighted by molar-refractivity contribution is 0.174. The van der Waals surface area contributed by atoms with Crippen molar-refractivity contribution in [2.24, 2.45) is 5.10 Å². The fourth-order valence-corrected chi connectivity index (χ4v) is 5.00. The highest BCUT2D eigenvalue weighted by molar-refractivity contribution is 7.14. The molecule has 2 aromatic carbocycles. The van der Waals surface area contributed by atoms with E-state index in [0.29, 0.717) is 5.02 Å². The van der Waals surface area contributed by atoms with Gasteiger partial charge < -0.3 is 9.47 Å². The monoisotopic (exact) mass is 447 g/mol. The van der Waals surface area contributed by atoms with Crippen molar-refractivity contribution in [1.82, 2.24) is 4.98 Å². The number of allylic oxidation sites excluding steroid dienone is 4. The molecule has 0 radical (unpaired) electrons. The summed E-state index contributed by atoms with van der Waals surface area (Å²) in [6, 6.07) is 13.9. The summed E-state index contributed by atoms with van der Waals surface area (Å²) in [5, 5.41) is 10.7. The van der Waals surface area contributed by atoms with Crippen LogP contribution in [0.25, 0.3) is 11.3 Å². The number of ether oxygens (including phenoxy) is 2. The lowest BCUT2D eigenvalue weighted by Crippen LogP contribution is -2.18. The number of halogens is 1. The van der Waals surface area contributed by atoms with Gasteiger partial charge in [0.25, 0.3) is 0 Å². The number of hydrazone groups is 1. The smallest absolute Gasteiger partial charge is 0.231 e. The highest BCUT2D eigenvalue weighted by atomic mass is 35.5. The number of fused-ring (bicyclic) bond motifs is 1. The molecule has 0 fully saturated rings. The van der Waals surface area contributed by atoms with Crippen molar-refractivity contribution in [3.8, 4) is 22.8 Å². The Kier molecular flexibility index (Phi) is 4.55. The van der Waals surface area contributed by atoms with Crippen LogP contribution in [0.4, 0.5) is 5.13 Å². The zero-order valence-electron chi connectivity index (χ0n) is 16.5. The quantitative estimate of drug-likeness (QED) is 0.465. The first kappa shape index (κ1) is 18.7. The molecule has 0 bridgehead atoms. The Morgan fingerprint density at radius 2 is 1.94 bits per heavy atom. The number of rotatable bonds is 4. The summed E-state index contributed by atoms with van der Waals surface area (Å²) in [5.41, 5.74) is 5.47. The standard InChI is InChI=1S/C24H18ClN3O2S/c25-18-8-5-16(6-9-18)20-13-31-24(26-20)28-21(12-19(27-28)15-3-1-2-4-15)17-7-10-22-23(11-17)30-14-29-22/h1-3,5-11,13,21H,4,12,14H2. The minimum atomic E-state index is 0.0511. The first-order valence-corrected chi connectivity index (χ1v) is 11.3. The summed E-state index contributed by atoms with van der Waals surface area (Å²) < 4.78 is 11.1. The van der Waals surface area contributed by atoms with Gasteiger partial charge in [0.2, 0.25) is 11.9 Å². The molecular formula is C24H18ClN3O2S. The van der Waals surface area contributed by atoms with E-state index in [1.807, 2.05) is 30.3 Å². The van der Waals surface area contributed by atoms with Gasteiger partial charge in [-0.15, -0.1) is 11.3 Å². The average Bonchev–Trinajstić information content (AvgIpc) is 3.59. The molecule has 31 heavy (non-hydrogen) atoms. The van der Waals surface area contributed by atoms with E-state index >= 15 is 0 Å². The Morgan fingerprint density at radius 3 is 2.77 bits per heavy atom. The SMILES string of the molecule is Clc1ccc(-c2csc(N3N=C(C4=CC=CC4)CC3c3ccc4c(c3)OCO4)n2)cc1. The molecular weight excluding hydrogens is 430 g/mol. The molecule has 0 saturated carbocycles. The first-order valence-electron chi connectivity index (χ1n) is 10.1. The summed E-state index contributed by atoms with van der Waals surface area (Å²) in [7, 11) is 0. The third-order valence-electron chi connectivity index (χ3n) is 5.66. The largest absolute Gasteiger partial charge is 0.454 e. The molecule has 7 heteroatoms. The number of aromatic nitrogens is 1. The molecule has 6 rings (SSSR count). The number of benzene rings is 2. The Labute approximate surface area is 188 Å². The van der Waals surface area contributed by atoms with Gasteiger partial charge in [-0.2, -0.15) is 5.10 Å². The predicted octanol–water partition coefficient (Wildman–Crippen LogP) is 6.39. The molecule has 3 aliphatic rings. The summed E-state index contributed by atoms with van der Waals surface area (Å²) in [6.07, 6.45) is 8.16. The molecule has 3 heterocycles. The van der Waals surface area contributed by atoms with Crippen LogP contribution in [0.5, 0.6) is 11.5 Å². The number of hydrogen-bond donors (Lipinski definition) is 0. The summed E-state index contributed by atoms with van der Waals surface area (Å²) in [5.74, 6) is 1.57. The molecule has 2 aliphatic heterocycles. The lowest BCUT2D eigenvalue weighted by Gasteiger charge is -2.21. The van der Waals surface area contributed by atoms with E-state index in [0.717, 1.165) is 52.0 Å². The van der Waals surface area contributed by atoms with E-state index in [4.69, 9.17) is 31.2 Å². The van der Waals surface area contributed by atoms with Gasteiger partial charge in [-0.1, -0.05) is 48.0 Å². The van der Waals surface area contributed by atoms with Crippen LogP contribution < -0.4 is 14.5 Å². The van der Waals surface area contributed by atoms with Crippen LogP contribution in [-0.2, 0) is 0 Å². The van der Waals surface area contributed by atoms with Gasteiger partial charge >= 0.3 is 0 Å². The summed E-state index contributed by atoms with van der Waals surface area (Å²) in [4.78, 5) is 4.90. The van der Waals surface area contributed by atoms with Crippen molar-refractivity contribution in [2.45, 2.75) is 18.9 Å². The minimum absolute atomic E-state index is 0.0511. The van der Waals surface area contributed by atoms with Crippen LogP contribution in [0, 0.1) is 0 Å². The molecule has 1 atom stereocenters. The molecule has 5 nitrogen and oxygen atoms in total. The topological polar surface area (TPSA) is 47.0 Å². The third-order valence-corrected chi connectivity index (χ3v) is 6.74. The maximum absolute atomic E-state index is 6.04. The Morgan fingerprint density at radius 1 is 1.06 bits per heavy atom. The normalized spacial score (nSPS) is 19.1. The molecule has 0 N–H and O–H groups in total. The van der Waals surface area contributed by atoms with Gasteiger partial charge in [0.15, 0.2) is 11.5 Å². The Balaban J connectivity index is 1.37. The second kappa shape index (κ2) is 7.55. The van der Waals surface area contributed by atoms with E-state index < -0.39 is 0 Å². The Hall–Kier alpha value is -3.09. The van der Waals surface area contributed by atoms with E-state index in [2.05, 4.69) is 40.7 Å². The lowest BCUT2D eigenvalue weighted by atomic mass is 9.98. The Bertz CT molecular complexity index is 1250. The van der Waals surface area contributed by atoms with E-state index in [1.54, 1.807) is 11.3 Å². The van der Waals surface area contributed by atoms with Crippen LogP contribution in [0.1, 0.15) is 24.4 Å². The summed E-state index contributed by atoms with van der Waals surface area (Å²) in [6.45, 7) is 0.268. The van der Waals surface area contributed by atoms with Crippen LogP contribution in [0.2, 0.25) is 5.02 Å². The van der Waals surface area contributed by atoms with Crippen LogP contribution in [0.3, 0.4) is 0 Å². The molecule has 0 amide bonds. The van der Waals surface area contributed by atoms with Crippen LogP contribution in [0.15, 0.2) is 76.7 Å². The number of hydrogen-bond acceptors (Lipinski definition) is 6. The van der Waals surface area contributed by atoms with Crippen LogP contribution >= 0.6 is 22.9 Å². The second-order valence-electron chi connectivity index (χ2n) is 7.57. The number of nitrogens with zero attached hydrogens (tertiary/aromatic N) is 3. The minimum Gasteiger partial charge on any atom is -0.454 e. The van der Waals surface area contributed by atoms with Crippen molar-refractivity contribution >= 4 is 33.8 Å². The first-order chi connectivity index (χ1) is 15.2. The highest BCUT2D eigenvalue weighted by Gasteiger charge is 2.33.